The molecule has 2 aromatic heterocycles. The van der Waals surface area contributed by atoms with Crippen LogP contribution in [-0.2, 0) is 0 Å². The van der Waals surface area contributed by atoms with E-state index >= 15 is 0 Å². The Labute approximate surface area is 185 Å². The zero-order valence-electron chi connectivity index (χ0n) is 17.4. The van der Waals surface area contributed by atoms with Crippen molar-refractivity contribution in [3.63, 3.8) is 0 Å². The Balaban J connectivity index is 1.30. The Hall–Kier alpha value is -3.25. The van der Waals surface area contributed by atoms with E-state index in [2.05, 4.69) is 50.5 Å². The number of carbonyl (C=O) groups is 1. The van der Waals surface area contributed by atoms with Crippen LogP contribution >= 0.6 is 11.3 Å². The number of rotatable bonds is 4. The molecule has 5 nitrogen and oxygen atoms in total. The van der Waals surface area contributed by atoms with Crippen LogP contribution in [0.15, 0.2) is 67.0 Å². The predicted molar refractivity (Wildman–Crippen MR) is 127 cm³/mol. The summed E-state index contributed by atoms with van der Waals surface area (Å²) in [4.78, 5) is 26.3. The van der Waals surface area contributed by atoms with Crippen LogP contribution in [0.25, 0.3) is 20.7 Å². The number of aryl methyl sites for hydroxylation is 1. The van der Waals surface area contributed by atoms with Crippen LogP contribution in [0.3, 0.4) is 0 Å². The molecule has 4 aromatic rings. The van der Waals surface area contributed by atoms with Crippen molar-refractivity contribution in [2.45, 2.75) is 25.8 Å². The van der Waals surface area contributed by atoms with Gasteiger partial charge in [0.05, 0.1) is 5.39 Å². The number of nitrogens with one attached hydrogen (secondary N) is 1. The van der Waals surface area contributed by atoms with E-state index in [4.69, 9.17) is 0 Å². The highest BCUT2D eigenvalue weighted by atomic mass is 32.1. The highest BCUT2D eigenvalue weighted by Gasteiger charge is 2.24. The molecule has 1 saturated heterocycles. The van der Waals surface area contributed by atoms with Gasteiger partial charge in [-0.25, -0.2) is 9.97 Å². The zero-order valence-corrected chi connectivity index (χ0v) is 18.2. The second kappa shape index (κ2) is 8.47. The van der Waals surface area contributed by atoms with Gasteiger partial charge < -0.3 is 10.2 Å². The molecular weight excluding hydrogens is 404 g/mol. The highest BCUT2D eigenvalue weighted by Crippen LogP contribution is 2.36. The summed E-state index contributed by atoms with van der Waals surface area (Å²) in [6.45, 7) is 3.70. The molecule has 0 aliphatic carbocycles. The van der Waals surface area contributed by atoms with E-state index in [1.807, 2.05) is 37.3 Å². The Kier molecular flexibility index (Phi) is 5.38. The fraction of sp³-hybridized carbons (Fsp3) is 0.240. The van der Waals surface area contributed by atoms with Crippen LogP contribution in [0.1, 0.15) is 28.8 Å². The number of thiophene rings is 1. The summed E-state index contributed by atoms with van der Waals surface area (Å²) in [5.41, 5.74) is 2.97. The SMILES string of the molecule is Cc1ccccc1C(=O)NC1CCN(c2ncnc3sc(-c4ccccc4)cc23)CC1. The van der Waals surface area contributed by atoms with E-state index in [0.29, 0.717) is 0 Å². The fourth-order valence-corrected chi connectivity index (χ4v) is 5.17. The van der Waals surface area contributed by atoms with Crippen LogP contribution in [0.4, 0.5) is 5.82 Å². The van der Waals surface area contributed by atoms with Crippen molar-refractivity contribution < 1.29 is 4.79 Å². The van der Waals surface area contributed by atoms with E-state index in [-0.39, 0.29) is 11.9 Å². The molecule has 0 radical (unpaired) electrons. The van der Waals surface area contributed by atoms with Crippen molar-refractivity contribution in [2.24, 2.45) is 0 Å². The number of anilines is 1. The van der Waals surface area contributed by atoms with Gasteiger partial charge in [0.2, 0.25) is 0 Å². The lowest BCUT2D eigenvalue weighted by atomic mass is 10.0. The Morgan fingerprint density at radius 3 is 2.55 bits per heavy atom. The van der Waals surface area contributed by atoms with Crippen LogP contribution < -0.4 is 10.2 Å². The van der Waals surface area contributed by atoms with E-state index in [1.165, 1.54) is 10.4 Å². The Morgan fingerprint density at radius 2 is 1.77 bits per heavy atom. The summed E-state index contributed by atoms with van der Waals surface area (Å²) in [5, 5.41) is 4.32. The number of amides is 1. The lowest BCUT2D eigenvalue weighted by Gasteiger charge is -2.33. The quantitative estimate of drug-likeness (QED) is 0.493. The zero-order chi connectivity index (χ0) is 21.2. The van der Waals surface area contributed by atoms with Crippen molar-refractivity contribution in [1.29, 1.82) is 0 Å². The number of hydrogen-bond donors (Lipinski definition) is 1. The number of nitrogens with zero attached hydrogens (tertiary/aromatic N) is 3. The van der Waals surface area contributed by atoms with Gasteiger partial charge in [0.25, 0.3) is 5.91 Å². The number of piperidine rings is 1. The summed E-state index contributed by atoms with van der Waals surface area (Å²) in [5.74, 6) is 1.01. The topological polar surface area (TPSA) is 58.1 Å². The standard InChI is InChI=1S/C25H24N4OS/c1-17-7-5-6-10-20(17)24(30)28-19-11-13-29(14-12-19)23-21-15-22(18-8-3-2-4-9-18)31-25(21)27-16-26-23/h2-10,15-16,19H,11-14H2,1H3,(H,28,30). The van der Waals surface area contributed by atoms with Crippen LogP contribution in [0, 0.1) is 6.92 Å². The normalized spacial score (nSPS) is 14.7. The van der Waals surface area contributed by atoms with Crippen molar-refractivity contribution in [1.82, 2.24) is 15.3 Å². The summed E-state index contributed by atoms with van der Waals surface area (Å²) in [6.07, 6.45) is 3.46. The van der Waals surface area contributed by atoms with Gasteiger partial charge in [0, 0.05) is 29.6 Å². The summed E-state index contributed by atoms with van der Waals surface area (Å²) in [7, 11) is 0. The van der Waals surface area contributed by atoms with Crippen molar-refractivity contribution in [3.8, 4) is 10.4 Å². The van der Waals surface area contributed by atoms with E-state index in [1.54, 1.807) is 17.7 Å². The molecule has 31 heavy (non-hydrogen) atoms. The average Bonchev–Trinajstić information content (AvgIpc) is 3.25. The fourth-order valence-electron chi connectivity index (χ4n) is 4.17. The van der Waals surface area contributed by atoms with E-state index < -0.39 is 0 Å². The summed E-state index contributed by atoms with van der Waals surface area (Å²) in [6, 6.07) is 20.5. The van der Waals surface area contributed by atoms with Gasteiger partial charge in [-0.15, -0.1) is 11.3 Å². The van der Waals surface area contributed by atoms with Gasteiger partial charge in [-0.3, -0.25) is 4.79 Å². The van der Waals surface area contributed by atoms with Gasteiger partial charge in [-0.05, 0) is 43.0 Å². The second-order valence-electron chi connectivity index (χ2n) is 7.94. The molecule has 5 rings (SSSR count). The van der Waals surface area contributed by atoms with Crippen molar-refractivity contribution in [3.05, 3.63) is 78.1 Å². The highest BCUT2D eigenvalue weighted by molar-refractivity contribution is 7.21. The van der Waals surface area contributed by atoms with Gasteiger partial charge in [-0.1, -0.05) is 48.5 Å². The lowest BCUT2D eigenvalue weighted by Crippen LogP contribution is -2.45. The molecule has 0 spiro atoms. The minimum absolute atomic E-state index is 0.0197. The van der Waals surface area contributed by atoms with Gasteiger partial charge in [0.1, 0.15) is 17.0 Å². The third-order valence-corrected chi connectivity index (χ3v) is 6.98. The number of fused-ring (bicyclic) bond motifs is 1. The smallest absolute Gasteiger partial charge is 0.251 e. The molecule has 1 N–H and O–H groups in total. The molecule has 1 amide bonds. The van der Waals surface area contributed by atoms with Gasteiger partial charge >= 0.3 is 0 Å². The minimum Gasteiger partial charge on any atom is -0.356 e. The number of hydrogen-bond acceptors (Lipinski definition) is 5. The maximum atomic E-state index is 12.7. The van der Waals surface area contributed by atoms with Crippen LogP contribution in [-0.4, -0.2) is 35.0 Å². The largest absolute Gasteiger partial charge is 0.356 e. The molecular formula is C25H24N4OS. The Morgan fingerprint density at radius 1 is 1.03 bits per heavy atom. The van der Waals surface area contributed by atoms with Crippen LogP contribution in [0.5, 0.6) is 0 Å². The first-order valence-electron chi connectivity index (χ1n) is 10.6. The van der Waals surface area contributed by atoms with Gasteiger partial charge in [-0.2, -0.15) is 0 Å². The molecule has 1 fully saturated rings. The molecule has 2 aromatic carbocycles. The van der Waals surface area contributed by atoms with Crippen molar-refractivity contribution >= 4 is 33.3 Å². The van der Waals surface area contributed by atoms with Crippen molar-refractivity contribution in [2.75, 3.05) is 18.0 Å². The lowest BCUT2D eigenvalue weighted by molar-refractivity contribution is 0.0930. The number of carbonyl (C=O) groups excluding carboxylic acids is 1. The third kappa shape index (κ3) is 4.03. The second-order valence-corrected chi connectivity index (χ2v) is 8.97. The molecule has 156 valence electrons. The molecule has 3 heterocycles. The maximum absolute atomic E-state index is 12.7. The molecule has 0 saturated carbocycles. The average molecular weight is 429 g/mol. The predicted octanol–water partition coefficient (Wildman–Crippen LogP) is 5.07. The third-order valence-electron chi connectivity index (χ3n) is 5.89. The summed E-state index contributed by atoms with van der Waals surface area (Å²) < 4.78 is 0. The minimum atomic E-state index is 0.0197. The summed E-state index contributed by atoms with van der Waals surface area (Å²) >= 11 is 1.70. The van der Waals surface area contributed by atoms with E-state index in [0.717, 1.165) is 53.1 Å². The molecule has 1 aliphatic heterocycles. The molecule has 1 aliphatic rings. The Bertz CT molecular complexity index is 1210. The van der Waals surface area contributed by atoms with E-state index in [9.17, 15) is 4.79 Å². The maximum Gasteiger partial charge on any atom is 0.251 e. The molecule has 6 heteroatoms. The van der Waals surface area contributed by atoms with Gasteiger partial charge in [0.15, 0.2) is 0 Å². The first-order valence-corrected chi connectivity index (χ1v) is 11.4. The monoisotopic (exact) mass is 428 g/mol. The first-order chi connectivity index (χ1) is 15.2. The molecule has 0 unspecified atom stereocenters. The molecule has 0 bridgehead atoms. The first kappa shape index (κ1) is 19.7. The molecule has 0 atom stereocenters. The number of aromatic nitrogens is 2. The number of benzene rings is 2. The van der Waals surface area contributed by atoms with Crippen LogP contribution in [0.2, 0.25) is 0 Å².